The second kappa shape index (κ2) is 4.91. The molecule has 1 aromatic carbocycles. The first kappa shape index (κ1) is 10.1. The number of aldehydes is 1. The number of alkyl halides is 1. The fraction of sp³-hybridized carbons (Fsp3) is 0.100. The molecule has 0 atom stereocenters. The van der Waals surface area contributed by atoms with Crippen molar-refractivity contribution >= 4 is 29.5 Å². The molecule has 1 nitrogen and oxygen atoms in total. The molecule has 0 bridgehead atoms. The van der Waals surface area contributed by atoms with Crippen molar-refractivity contribution in [2.45, 2.75) is 5.88 Å². The number of carbonyl (C=O) groups is 1. The summed E-state index contributed by atoms with van der Waals surface area (Å²) in [5.74, 6) is 5.32. The van der Waals surface area contributed by atoms with Gasteiger partial charge in [0.05, 0.1) is 0 Å². The van der Waals surface area contributed by atoms with E-state index in [-0.39, 0.29) is 0 Å². The predicted octanol–water partition coefficient (Wildman–Crippen LogP) is 2.63. The van der Waals surface area contributed by atoms with Crippen LogP contribution in [0.5, 0.6) is 0 Å². The van der Waals surface area contributed by atoms with Gasteiger partial charge >= 0.3 is 0 Å². The largest absolute Gasteiger partial charge is 0.289 e. The minimum absolute atomic E-state index is 0.343. The molecule has 1 aromatic rings. The van der Waals surface area contributed by atoms with Gasteiger partial charge in [-0.2, -0.15) is 0 Å². The van der Waals surface area contributed by atoms with Crippen molar-refractivity contribution in [3.8, 4) is 11.8 Å². The van der Waals surface area contributed by atoms with Gasteiger partial charge in [0.25, 0.3) is 0 Å². The molecule has 0 aromatic heterocycles. The molecule has 0 saturated carbocycles. The van der Waals surface area contributed by atoms with Crippen molar-refractivity contribution in [2.75, 3.05) is 0 Å². The molecule has 0 radical (unpaired) electrons. The van der Waals surface area contributed by atoms with Crippen molar-refractivity contribution in [3.05, 3.63) is 34.3 Å². The summed E-state index contributed by atoms with van der Waals surface area (Å²) in [6.07, 6.45) is 0.551. The normalized spacial score (nSPS) is 8.77. The van der Waals surface area contributed by atoms with Crippen LogP contribution >= 0.6 is 23.2 Å². The highest BCUT2D eigenvalue weighted by Gasteiger charge is 1.98. The van der Waals surface area contributed by atoms with E-state index in [1.807, 2.05) is 0 Å². The molecular formula is C10H6Cl2O. The van der Waals surface area contributed by atoms with Crippen molar-refractivity contribution in [3.63, 3.8) is 0 Å². The zero-order chi connectivity index (χ0) is 9.68. The maximum atomic E-state index is 9.97. The Bertz CT molecular complexity index is 374. The number of benzene rings is 1. The average Bonchev–Trinajstić information content (AvgIpc) is 2.16. The van der Waals surface area contributed by atoms with Gasteiger partial charge in [-0.3, -0.25) is 4.79 Å². The van der Waals surface area contributed by atoms with Crippen molar-refractivity contribution in [1.82, 2.24) is 0 Å². The lowest BCUT2D eigenvalue weighted by atomic mass is 10.1. The molecule has 0 heterocycles. The molecule has 66 valence electrons. The second-order valence-corrected chi connectivity index (χ2v) is 3.00. The van der Waals surface area contributed by atoms with E-state index < -0.39 is 0 Å². The molecule has 1 rings (SSSR count). The minimum Gasteiger partial charge on any atom is -0.289 e. The summed E-state index contributed by atoms with van der Waals surface area (Å²) in [6.45, 7) is 0. The Kier molecular flexibility index (Phi) is 3.82. The topological polar surface area (TPSA) is 17.1 Å². The van der Waals surface area contributed by atoms with Crippen LogP contribution < -0.4 is 0 Å². The molecule has 3 heteroatoms. The summed E-state index contributed by atoms with van der Waals surface area (Å²) in [4.78, 5) is 9.97. The molecule has 0 fully saturated rings. The molecule has 0 aliphatic carbocycles. The van der Waals surface area contributed by atoms with Gasteiger partial charge < -0.3 is 0 Å². The van der Waals surface area contributed by atoms with E-state index in [2.05, 4.69) is 11.8 Å². The van der Waals surface area contributed by atoms with Crippen LogP contribution in [0.2, 0.25) is 5.02 Å². The summed E-state index contributed by atoms with van der Waals surface area (Å²) < 4.78 is 0. The first-order valence-electron chi connectivity index (χ1n) is 3.57. The molecule has 0 aliphatic heterocycles. The van der Waals surface area contributed by atoms with Crippen LogP contribution in [0.1, 0.15) is 11.1 Å². The maximum absolute atomic E-state index is 9.97. The highest BCUT2D eigenvalue weighted by atomic mass is 35.5. The smallest absolute Gasteiger partial charge is 0.193 e. The number of hydrogen-bond acceptors (Lipinski definition) is 1. The second-order valence-electron chi connectivity index (χ2n) is 2.33. The van der Waals surface area contributed by atoms with Gasteiger partial charge in [-0.15, -0.1) is 11.6 Å². The van der Waals surface area contributed by atoms with Crippen LogP contribution in [0, 0.1) is 11.8 Å². The molecular weight excluding hydrogens is 207 g/mol. The molecule has 13 heavy (non-hydrogen) atoms. The fourth-order valence-electron chi connectivity index (χ4n) is 0.868. The highest BCUT2D eigenvalue weighted by Crippen LogP contribution is 2.18. The third-order valence-corrected chi connectivity index (χ3v) is 2.12. The number of carbonyl (C=O) groups excluding carboxylic acids is 1. The van der Waals surface area contributed by atoms with Crippen LogP contribution in [-0.2, 0) is 10.7 Å². The highest BCUT2D eigenvalue weighted by molar-refractivity contribution is 6.32. The number of rotatable bonds is 1. The minimum atomic E-state index is 0.343. The Hall–Kier alpha value is -0.970. The van der Waals surface area contributed by atoms with E-state index in [1.165, 1.54) is 0 Å². The molecule has 0 aliphatic rings. The van der Waals surface area contributed by atoms with Gasteiger partial charge in [-0.1, -0.05) is 17.5 Å². The van der Waals surface area contributed by atoms with Crippen LogP contribution in [0.25, 0.3) is 0 Å². The van der Waals surface area contributed by atoms with E-state index in [9.17, 15) is 4.79 Å². The van der Waals surface area contributed by atoms with Crippen LogP contribution in [-0.4, -0.2) is 6.29 Å². The van der Waals surface area contributed by atoms with Gasteiger partial charge in [0.1, 0.15) is 0 Å². The van der Waals surface area contributed by atoms with E-state index in [1.54, 1.807) is 18.2 Å². The first-order chi connectivity index (χ1) is 6.27. The Morgan fingerprint density at radius 2 is 2.23 bits per heavy atom. The SMILES string of the molecule is O=CC#Cc1ccc(Cl)c(CCl)c1. The van der Waals surface area contributed by atoms with E-state index >= 15 is 0 Å². The van der Waals surface area contributed by atoms with Crippen LogP contribution in [0.15, 0.2) is 18.2 Å². The molecule has 0 amide bonds. The van der Waals surface area contributed by atoms with Gasteiger partial charge in [0.15, 0.2) is 6.29 Å². The lowest BCUT2D eigenvalue weighted by molar-refractivity contribution is -0.103. The van der Waals surface area contributed by atoms with Crippen LogP contribution in [0.3, 0.4) is 0 Å². The Morgan fingerprint density at radius 1 is 1.46 bits per heavy atom. The van der Waals surface area contributed by atoms with Crippen LogP contribution in [0.4, 0.5) is 0 Å². The molecule has 0 spiro atoms. The maximum Gasteiger partial charge on any atom is 0.193 e. The Balaban J connectivity index is 3.06. The quantitative estimate of drug-likeness (QED) is 0.398. The zero-order valence-corrected chi connectivity index (χ0v) is 8.19. The van der Waals surface area contributed by atoms with Crippen molar-refractivity contribution < 1.29 is 4.79 Å². The Labute approximate surface area is 86.7 Å². The third kappa shape index (κ3) is 2.77. The number of hydrogen-bond donors (Lipinski definition) is 0. The molecule has 0 saturated heterocycles. The van der Waals surface area contributed by atoms with Crippen molar-refractivity contribution in [1.29, 1.82) is 0 Å². The number of halogens is 2. The standard InChI is InChI=1S/C10H6Cl2O/c11-7-9-6-8(2-1-5-13)3-4-10(9)12/h3-6H,7H2. The first-order valence-corrected chi connectivity index (χ1v) is 4.48. The summed E-state index contributed by atoms with van der Waals surface area (Å²) in [5.41, 5.74) is 1.56. The summed E-state index contributed by atoms with van der Waals surface area (Å²) in [7, 11) is 0. The van der Waals surface area contributed by atoms with Gasteiger partial charge in [0.2, 0.25) is 0 Å². The molecule has 0 N–H and O–H groups in total. The lowest BCUT2D eigenvalue weighted by Gasteiger charge is -1.99. The third-order valence-electron chi connectivity index (χ3n) is 1.47. The summed E-state index contributed by atoms with van der Waals surface area (Å²) in [5, 5.41) is 0.617. The van der Waals surface area contributed by atoms with Gasteiger partial charge in [-0.25, -0.2) is 0 Å². The van der Waals surface area contributed by atoms with E-state index in [0.29, 0.717) is 17.2 Å². The van der Waals surface area contributed by atoms with E-state index in [0.717, 1.165) is 11.1 Å². The summed E-state index contributed by atoms with van der Waals surface area (Å²) >= 11 is 11.5. The summed E-state index contributed by atoms with van der Waals surface area (Å²) in [6, 6.07) is 5.23. The van der Waals surface area contributed by atoms with Gasteiger partial charge in [-0.05, 0) is 29.7 Å². The molecule has 0 unspecified atom stereocenters. The van der Waals surface area contributed by atoms with E-state index in [4.69, 9.17) is 23.2 Å². The predicted molar refractivity (Wildman–Crippen MR) is 54.0 cm³/mol. The lowest BCUT2D eigenvalue weighted by Crippen LogP contribution is -1.82. The monoisotopic (exact) mass is 212 g/mol. The fourth-order valence-corrected chi connectivity index (χ4v) is 1.34. The van der Waals surface area contributed by atoms with Crippen molar-refractivity contribution in [2.24, 2.45) is 0 Å². The average molecular weight is 213 g/mol. The van der Waals surface area contributed by atoms with Gasteiger partial charge in [0, 0.05) is 16.5 Å². The Morgan fingerprint density at radius 3 is 2.85 bits per heavy atom. The zero-order valence-electron chi connectivity index (χ0n) is 6.68.